The summed E-state index contributed by atoms with van der Waals surface area (Å²) in [6.45, 7) is 0.130. The minimum atomic E-state index is -1.10. The average molecular weight is 588 g/mol. The van der Waals surface area contributed by atoms with E-state index in [4.69, 9.17) is 9.84 Å². The molecule has 142 valence electrons. The quantitative estimate of drug-likeness (QED) is 0.102. The average Bonchev–Trinajstić information content (AvgIpc) is 2.51. The third-order valence-corrected chi connectivity index (χ3v) is 2.35. The number of aliphatic carboxylic acids is 1. The van der Waals surface area contributed by atoms with Crippen molar-refractivity contribution in [2.45, 2.75) is 25.7 Å². The van der Waals surface area contributed by atoms with Crippen molar-refractivity contribution >= 4 is 30.2 Å². The van der Waals surface area contributed by atoms with Crippen LogP contribution in [0.4, 0.5) is 0 Å². The Labute approximate surface area is 132 Å². The Balaban J connectivity index is 0. The fraction of sp³-hybridized carbons (Fsp3) is 0.615. The second kappa shape index (κ2) is 14.3. The monoisotopic (exact) mass is 588 g/mol. The van der Waals surface area contributed by atoms with E-state index >= 15 is 0 Å². The van der Waals surface area contributed by atoms with Crippen molar-refractivity contribution in [3.05, 3.63) is 0 Å². The van der Waals surface area contributed by atoms with Crippen LogP contribution in [0, 0.1) is 0 Å². The minimum absolute atomic E-state index is 0. The van der Waals surface area contributed by atoms with Crippen molar-refractivity contribution in [3.8, 4) is 0 Å². The SMILES string of the molecule is O=[C-]NCCNC(=O)CCC(=O)OCCOC(=O)CCC(=O)O.[Fm]. The summed E-state index contributed by atoms with van der Waals surface area (Å²) in [5.74, 6) is -2.79. The number of carboxylic acid groups (broad SMARTS) is 1. The third kappa shape index (κ3) is 14.8. The van der Waals surface area contributed by atoms with E-state index in [1.165, 1.54) is 6.41 Å². The Morgan fingerprint density at radius 3 is 1.92 bits per heavy atom. The van der Waals surface area contributed by atoms with Gasteiger partial charge in [0.1, 0.15) is 13.2 Å². The molecule has 0 rings (SSSR count). The summed E-state index contributed by atoms with van der Waals surface area (Å²) in [5, 5.41) is 13.1. The number of hydrogen-bond acceptors (Lipinski definition) is 7. The predicted molar refractivity (Wildman–Crippen MR) is 74.7 cm³/mol. The molecule has 0 heterocycles. The second-order valence-electron chi connectivity index (χ2n) is 4.21. The molecule has 0 aliphatic heterocycles. The number of carboxylic acids is 1. The zero-order valence-corrected chi connectivity index (χ0v) is 15.2. The molecule has 2 amide bonds. The van der Waals surface area contributed by atoms with Crippen molar-refractivity contribution in [1.29, 1.82) is 0 Å². The molecule has 0 spiro atoms. The molecule has 0 aromatic rings. The Kier molecular flexibility index (Phi) is 13.5. The largest absolute Gasteiger partial charge is 0.528 e. The van der Waals surface area contributed by atoms with Gasteiger partial charge >= 0.3 is 17.9 Å². The van der Waals surface area contributed by atoms with Gasteiger partial charge in [0.05, 0.1) is 19.3 Å². The van der Waals surface area contributed by atoms with Gasteiger partial charge in [-0.15, -0.1) is 0 Å². The number of nitrogens with one attached hydrogen (secondary N) is 2. The van der Waals surface area contributed by atoms with Gasteiger partial charge in [-0.25, -0.2) is 0 Å². The summed E-state index contributed by atoms with van der Waals surface area (Å²) in [6.07, 6.45) is 0.676. The third-order valence-electron chi connectivity index (χ3n) is 2.35. The molecule has 0 radical (unpaired) electrons. The van der Waals surface area contributed by atoms with E-state index in [0.717, 1.165) is 0 Å². The number of carbonyl (C=O) groups is 4. The van der Waals surface area contributed by atoms with Crippen LogP contribution in [0.5, 0.6) is 0 Å². The molecule has 0 atom stereocenters. The summed E-state index contributed by atoms with van der Waals surface area (Å²) in [4.78, 5) is 53.7. The van der Waals surface area contributed by atoms with Gasteiger partial charge in [-0.1, -0.05) is 0 Å². The Bertz CT molecular complexity index is 430. The van der Waals surface area contributed by atoms with Crippen LogP contribution >= 0.6 is 0 Å². The Hall–Kier alpha value is -3.65. The van der Waals surface area contributed by atoms with Crippen LogP contribution in [0.1, 0.15) is 25.7 Å². The molecule has 0 aliphatic rings. The van der Waals surface area contributed by atoms with Crippen LogP contribution in [0.3, 0.4) is 0 Å². The Morgan fingerprint density at radius 2 is 1.42 bits per heavy atom. The number of hydrogen-bond donors (Lipinski definition) is 3. The molecule has 0 aromatic heterocycles. The van der Waals surface area contributed by atoms with Gasteiger partial charge < -0.3 is 30.0 Å². The molecule has 24 heavy (non-hydrogen) atoms. The number of ether oxygens (including phenoxy) is 2. The number of carbonyl (C=O) groups excluding carboxylic acids is 4. The summed E-state index contributed by atoms with van der Waals surface area (Å²) in [6, 6.07) is 0. The van der Waals surface area contributed by atoms with Gasteiger partial charge in [0.15, 0.2) is 0 Å². The van der Waals surface area contributed by atoms with Crippen LogP contribution in [-0.2, 0) is 33.4 Å². The van der Waals surface area contributed by atoms with Gasteiger partial charge in [-0.2, -0.15) is 6.41 Å². The molecule has 11 heteroatoms. The smallest absolute Gasteiger partial charge is 0.306 e. The molecule has 0 saturated carbocycles. The summed E-state index contributed by atoms with van der Waals surface area (Å²) in [7, 11) is 0. The van der Waals surface area contributed by atoms with Crippen LogP contribution in [-0.4, -0.2) is 61.6 Å². The minimum Gasteiger partial charge on any atom is -0.528 e. The molecule has 0 aromatic carbocycles. The fourth-order valence-corrected chi connectivity index (χ4v) is 1.28. The molecule has 0 unspecified atom stereocenters. The summed E-state index contributed by atoms with van der Waals surface area (Å²) in [5.41, 5.74) is 0. The van der Waals surface area contributed by atoms with Crippen LogP contribution < -0.4 is 10.6 Å². The molecule has 3 N–H and O–H groups in total. The van der Waals surface area contributed by atoms with Gasteiger partial charge in [-0.3, -0.25) is 19.2 Å². The normalized spacial score (nSPS) is 9.17. The summed E-state index contributed by atoms with van der Waals surface area (Å²) < 4.78 is 9.38. The van der Waals surface area contributed by atoms with E-state index in [0.29, 0.717) is 0 Å². The van der Waals surface area contributed by atoms with Crippen molar-refractivity contribution in [1.82, 2.24) is 10.6 Å². The van der Waals surface area contributed by atoms with Gasteiger partial charge in [0.2, 0.25) is 5.91 Å². The maximum Gasteiger partial charge on any atom is 0.306 e. The predicted octanol–water partition coefficient (Wildman–Crippen LogP) is -1.51. The van der Waals surface area contributed by atoms with E-state index < -0.39 is 17.9 Å². The number of amides is 2. The van der Waals surface area contributed by atoms with E-state index in [-0.39, 0.29) is 57.9 Å². The van der Waals surface area contributed by atoms with Gasteiger partial charge in [-0.05, 0) is 0 Å². The molecule has 0 aliphatic carbocycles. The zero-order valence-electron chi connectivity index (χ0n) is 12.8. The first-order valence-corrected chi connectivity index (χ1v) is 6.85. The van der Waals surface area contributed by atoms with Crippen molar-refractivity contribution in [2.75, 3.05) is 26.3 Å². The van der Waals surface area contributed by atoms with E-state index in [9.17, 15) is 24.0 Å². The van der Waals surface area contributed by atoms with Crippen molar-refractivity contribution < 1.29 is 38.6 Å². The Morgan fingerprint density at radius 1 is 0.875 bits per heavy atom. The van der Waals surface area contributed by atoms with E-state index in [2.05, 4.69) is 15.4 Å². The second-order valence-corrected chi connectivity index (χ2v) is 4.21. The fourth-order valence-electron chi connectivity index (χ4n) is 1.28. The standard InChI is InChI=1S/C13H19N2O8.Fm/c16-9-14-5-6-15-10(17)1-3-12(20)22-7-8-23-13(21)4-2-11(18)19;/h1-8H2,(H,14,16)(H,15,17)(H,18,19);/q-1;. The maximum atomic E-state index is 11.3. The number of esters is 2. The van der Waals surface area contributed by atoms with Crippen LogP contribution in [0.2, 0.25) is 0 Å². The van der Waals surface area contributed by atoms with Crippen LogP contribution in [0.25, 0.3) is 0 Å². The molecular formula is C13H19FmN2O8-. The topological polar surface area (TPSA) is 148 Å². The first kappa shape index (κ1) is 22.6. The maximum absolute atomic E-state index is 11.3. The zero-order chi connectivity index (χ0) is 17.5. The molecular weight excluding hydrogens is 569 g/mol. The molecule has 0 saturated heterocycles. The van der Waals surface area contributed by atoms with E-state index in [1.807, 2.05) is 0 Å². The van der Waals surface area contributed by atoms with Gasteiger partial charge in [0, 0.05) is 19.5 Å². The number of rotatable bonds is 13. The molecule has 10 nitrogen and oxygen atoms in total. The molecule has 0 bridgehead atoms. The first-order valence-electron chi connectivity index (χ1n) is 6.85. The van der Waals surface area contributed by atoms with Crippen molar-refractivity contribution in [3.63, 3.8) is 0 Å². The summed E-state index contributed by atoms with van der Waals surface area (Å²) >= 11 is 0. The van der Waals surface area contributed by atoms with Crippen LogP contribution in [0.15, 0.2) is 0 Å². The van der Waals surface area contributed by atoms with Crippen molar-refractivity contribution in [2.24, 2.45) is 0 Å². The van der Waals surface area contributed by atoms with E-state index in [1.54, 1.807) is 0 Å². The molecule has 0 fully saturated rings. The van der Waals surface area contributed by atoms with Gasteiger partial charge in [0.25, 0.3) is 0 Å². The first-order chi connectivity index (χ1) is 11.0.